The number of rotatable bonds is 5. The molecule has 0 aromatic carbocycles. The second-order valence-electron chi connectivity index (χ2n) is 2.60. The van der Waals surface area contributed by atoms with Crippen LogP contribution >= 0.6 is 0 Å². The first-order valence-electron chi connectivity index (χ1n) is 4.64. The maximum absolute atomic E-state index is 11.2. The number of hydrogen-bond acceptors (Lipinski definition) is 5. The Labute approximate surface area is 87.7 Å². The van der Waals surface area contributed by atoms with Gasteiger partial charge in [0.25, 0.3) is 0 Å². The molecule has 0 aliphatic carbocycles. The molecule has 0 spiro atoms. The minimum atomic E-state index is -0.512. The maximum atomic E-state index is 11.2. The van der Waals surface area contributed by atoms with E-state index < -0.39 is 5.97 Å². The van der Waals surface area contributed by atoms with E-state index in [4.69, 9.17) is 13.9 Å². The summed E-state index contributed by atoms with van der Waals surface area (Å²) in [6.07, 6.45) is 4.92. The van der Waals surface area contributed by atoms with Crippen LogP contribution in [0.1, 0.15) is 24.3 Å². The fourth-order valence-corrected chi connectivity index (χ4v) is 0.838. The Morgan fingerprint density at radius 3 is 3.13 bits per heavy atom. The Kier molecular flexibility index (Phi) is 4.40. The smallest absolute Gasteiger partial charge is 0.394 e. The lowest BCUT2D eigenvalue weighted by molar-refractivity contribution is 0.0519. The molecule has 0 N–H and O–H groups in total. The highest BCUT2D eigenvalue weighted by atomic mass is 16.6. The number of hydrogen-bond donors (Lipinski definition) is 0. The summed E-state index contributed by atoms with van der Waals surface area (Å²) >= 11 is 0. The van der Waals surface area contributed by atoms with Crippen LogP contribution in [0.15, 0.2) is 22.8 Å². The van der Waals surface area contributed by atoms with Gasteiger partial charge < -0.3 is 13.9 Å². The van der Waals surface area contributed by atoms with E-state index in [1.807, 2.05) is 13.0 Å². The van der Waals surface area contributed by atoms with Crippen molar-refractivity contribution >= 4 is 5.97 Å². The average Bonchev–Trinajstić information content (AvgIpc) is 2.67. The van der Waals surface area contributed by atoms with Crippen molar-refractivity contribution in [1.29, 1.82) is 0 Å². The van der Waals surface area contributed by atoms with Gasteiger partial charge in [-0.25, -0.2) is 4.79 Å². The zero-order valence-corrected chi connectivity index (χ0v) is 8.73. The molecule has 0 aliphatic heterocycles. The summed E-state index contributed by atoms with van der Waals surface area (Å²) in [5.41, 5.74) is 0.118. The topological polar surface area (TPSA) is 61.6 Å². The quantitative estimate of drug-likeness (QED) is 0.549. The molecule has 0 saturated carbocycles. The van der Waals surface area contributed by atoms with Gasteiger partial charge in [0, 0.05) is 0 Å². The molecule has 0 amide bonds. The van der Waals surface area contributed by atoms with Gasteiger partial charge in [-0.2, -0.15) is 4.98 Å². The SMILES string of the molecule is C/C=C/COc1nc(C(=O)OCC)co1. The largest absolute Gasteiger partial charge is 0.461 e. The van der Waals surface area contributed by atoms with Crippen LogP contribution in [0.5, 0.6) is 6.08 Å². The Balaban J connectivity index is 2.52. The summed E-state index contributed by atoms with van der Waals surface area (Å²) in [7, 11) is 0. The molecular formula is C10H13NO4. The van der Waals surface area contributed by atoms with Crippen molar-refractivity contribution in [2.75, 3.05) is 13.2 Å². The first kappa shape index (κ1) is 11.3. The summed E-state index contributed by atoms with van der Waals surface area (Å²) in [5.74, 6) is -0.512. The number of allylic oxidation sites excluding steroid dienone is 1. The number of oxazole rings is 1. The minimum absolute atomic E-state index is 0.0659. The zero-order chi connectivity index (χ0) is 11.1. The van der Waals surface area contributed by atoms with E-state index in [1.54, 1.807) is 13.0 Å². The molecule has 1 aromatic heterocycles. The second-order valence-corrected chi connectivity index (χ2v) is 2.60. The van der Waals surface area contributed by atoms with Crippen LogP contribution in [0.2, 0.25) is 0 Å². The van der Waals surface area contributed by atoms with Crippen LogP contribution in [-0.4, -0.2) is 24.2 Å². The summed E-state index contributed by atoms with van der Waals surface area (Å²) in [6, 6.07) is 0. The van der Waals surface area contributed by atoms with Crippen molar-refractivity contribution in [3.63, 3.8) is 0 Å². The van der Waals surface area contributed by atoms with Gasteiger partial charge in [0.2, 0.25) is 0 Å². The lowest BCUT2D eigenvalue weighted by Crippen LogP contribution is -2.05. The molecule has 0 unspecified atom stereocenters. The van der Waals surface area contributed by atoms with Gasteiger partial charge in [0.05, 0.1) is 6.61 Å². The summed E-state index contributed by atoms with van der Waals surface area (Å²) in [5, 5.41) is 0. The molecule has 1 rings (SSSR count). The average molecular weight is 211 g/mol. The Bertz CT molecular complexity index is 343. The summed E-state index contributed by atoms with van der Waals surface area (Å²) in [4.78, 5) is 15.0. The van der Waals surface area contributed by atoms with E-state index in [1.165, 1.54) is 6.26 Å². The van der Waals surface area contributed by atoms with Crippen LogP contribution in [0, 0.1) is 0 Å². The van der Waals surface area contributed by atoms with Crippen molar-refractivity contribution in [2.45, 2.75) is 13.8 Å². The molecule has 0 bridgehead atoms. The molecule has 82 valence electrons. The van der Waals surface area contributed by atoms with Gasteiger partial charge in [0.15, 0.2) is 5.69 Å². The third kappa shape index (κ3) is 3.46. The fourth-order valence-electron chi connectivity index (χ4n) is 0.838. The Hall–Kier alpha value is -1.78. The normalized spacial score (nSPS) is 10.5. The predicted octanol–water partition coefficient (Wildman–Crippen LogP) is 1.81. The highest BCUT2D eigenvalue weighted by Gasteiger charge is 2.13. The number of ether oxygens (including phenoxy) is 2. The highest BCUT2D eigenvalue weighted by molar-refractivity contribution is 5.86. The van der Waals surface area contributed by atoms with Crippen molar-refractivity contribution in [3.05, 3.63) is 24.1 Å². The highest BCUT2D eigenvalue weighted by Crippen LogP contribution is 2.10. The van der Waals surface area contributed by atoms with E-state index in [0.717, 1.165) is 0 Å². The van der Waals surface area contributed by atoms with Gasteiger partial charge in [-0.3, -0.25) is 0 Å². The standard InChI is InChI=1S/C10H13NO4/c1-3-5-6-14-10-11-8(7-15-10)9(12)13-4-2/h3,5,7H,4,6H2,1-2H3/b5-3+. The molecule has 0 saturated heterocycles. The van der Waals surface area contributed by atoms with Gasteiger partial charge in [-0.15, -0.1) is 0 Å². The molecule has 5 nitrogen and oxygen atoms in total. The van der Waals surface area contributed by atoms with Crippen molar-refractivity contribution < 1.29 is 18.7 Å². The molecule has 0 radical (unpaired) electrons. The van der Waals surface area contributed by atoms with Crippen molar-refractivity contribution in [3.8, 4) is 6.08 Å². The van der Waals surface area contributed by atoms with Gasteiger partial charge in [-0.05, 0) is 13.8 Å². The molecule has 15 heavy (non-hydrogen) atoms. The lowest BCUT2D eigenvalue weighted by Gasteiger charge is -1.95. The number of carbonyl (C=O) groups is 1. The second kappa shape index (κ2) is 5.85. The summed E-state index contributed by atoms with van der Waals surface area (Å²) in [6.45, 7) is 4.27. The molecule has 5 heteroatoms. The van der Waals surface area contributed by atoms with Crippen LogP contribution in [0.25, 0.3) is 0 Å². The fraction of sp³-hybridized carbons (Fsp3) is 0.400. The third-order valence-electron chi connectivity index (χ3n) is 1.51. The van der Waals surface area contributed by atoms with Gasteiger partial charge >= 0.3 is 12.0 Å². The van der Waals surface area contributed by atoms with Crippen LogP contribution in [0.4, 0.5) is 0 Å². The van der Waals surface area contributed by atoms with Crippen molar-refractivity contribution in [2.24, 2.45) is 0 Å². The summed E-state index contributed by atoms with van der Waals surface area (Å²) < 4.78 is 14.7. The molecule has 0 atom stereocenters. The Morgan fingerprint density at radius 2 is 2.47 bits per heavy atom. The van der Waals surface area contributed by atoms with E-state index >= 15 is 0 Å². The number of carbonyl (C=O) groups excluding carboxylic acids is 1. The van der Waals surface area contributed by atoms with Crippen LogP contribution in [0.3, 0.4) is 0 Å². The maximum Gasteiger partial charge on any atom is 0.394 e. The molecule has 1 aromatic rings. The molecular weight excluding hydrogens is 198 g/mol. The van der Waals surface area contributed by atoms with E-state index in [2.05, 4.69) is 4.98 Å². The van der Waals surface area contributed by atoms with Crippen LogP contribution < -0.4 is 4.74 Å². The Morgan fingerprint density at radius 1 is 1.67 bits per heavy atom. The zero-order valence-electron chi connectivity index (χ0n) is 8.73. The van der Waals surface area contributed by atoms with E-state index in [0.29, 0.717) is 13.2 Å². The third-order valence-corrected chi connectivity index (χ3v) is 1.51. The number of nitrogens with zero attached hydrogens (tertiary/aromatic N) is 1. The minimum Gasteiger partial charge on any atom is -0.461 e. The van der Waals surface area contributed by atoms with Gasteiger partial charge in [-0.1, -0.05) is 12.2 Å². The molecule has 1 heterocycles. The van der Waals surface area contributed by atoms with E-state index in [9.17, 15) is 4.79 Å². The predicted molar refractivity (Wildman–Crippen MR) is 52.8 cm³/mol. The van der Waals surface area contributed by atoms with Crippen molar-refractivity contribution in [1.82, 2.24) is 4.98 Å². The first-order valence-corrected chi connectivity index (χ1v) is 4.64. The molecule has 0 fully saturated rings. The van der Waals surface area contributed by atoms with Gasteiger partial charge in [0.1, 0.15) is 12.9 Å². The number of aromatic nitrogens is 1. The van der Waals surface area contributed by atoms with E-state index in [-0.39, 0.29) is 11.8 Å². The molecule has 0 aliphatic rings. The first-order chi connectivity index (χ1) is 7.27. The monoisotopic (exact) mass is 211 g/mol. The number of esters is 1. The lowest BCUT2D eigenvalue weighted by atomic mass is 10.5. The van der Waals surface area contributed by atoms with Crippen LogP contribution in [-0.2, 0) is 4.74 Å².